The van der Waals surface area contributed by atoms with Crippen LogP contribution in [0.15, 0.2) is 63.6 Å². The van der Waals surface area contributed by atoms with Gasteiger partial charge in [-0.2, -0.15) is 0 Å². The number of nitrogens with one attached hydrogen (secondary N) is 1. The topological polar surface area (TPSA) is 226 Å². The third-order valence-electron chi connectivity index (χ3n) is 13.1. The fourth-order valence-electron chi connectivity index (χ4n) is 8.99. The van der Waals surface area contributed by atoms with Gasteiger partial charge in [-0.15, -0.1) is 0 Å². The fourth-order valence-corrected chi connectivity index (χ4v) is 8.99. The fraction of sp³-hybridized carbons (Fsp3) is 0.490. The van der Waals surface area contributed by atoms with Crippen molar-refractivity contribution in [3.8, 4) is 17.2 Å². The van der Waals surface area contributed by atoms with Crippen LogP contribution >= 0.6 is 0 Å². The second-order valence-electron chi connectivity index (χ2n) is 17.7. The average Bonchev–Trinajstić information content (AvgIpc) is 3.56. The normalized spacial score (nSPS) is 29.8. The smallest absolute Gasteiger partial charge is 0.312 e. The molecular weight excluding hydrogens is 855 g/mol. The van der Waals surface area contributed by atoms with Crippen LogP contribution in [0.4, 0.5) is 5.69 Å². The number of aromatic hydroxyl groups is 1. The molecule has 0 radical (unpaired) electrons. The number of rotatable bonds is 6. The minimum absolute atomic E-state index is 0.0110. The van der Waals surface area contributed by atoms with Gasteiger partial charge in [0.15, 0.2) is 22.3 Å². The first-order valence-corrected chi connectivity index (χ1v) is 22.2. The molecule has 7 rings (SSSR count). The van der Waals surface area contributed by atoms with E-state index in [1.807, 2.05) is 0 Å². The lowest BCUT2D eigenvalue weighted by Gasteiger charge is -2.38. The van der Waals surface area contributed by atoms with Gasteiger partial charge in [-0.25, -0.2) is 4.98 Å². The number of anilines is 1. The zero-order chi connectivity index (χ0) is 47.8. The first-order chi connectivity index (χ1) is 31.4. The molecule has 4 bridgehead atoms. The molecule has 1 saturated heterocycles. The Morgan fingerprint density at radius 2 is 1.73 bits per heavy atom. The molecule has 9 atom stereocenters. The molecule has 66 heavy (non-hydrogen) atoms. The van der Waals surface area contributed by atoms with Crippen LogP contribution in [0.2, 0.25) is 0 Å². The Kier molecular flexibility index (Phi) is 14.2. The molecule has 354 valence electrons. The Labute approximate surface area is 381 Å². The summed E-state index contributed by atoms with van der Waals surface area (Å²) in [5.74, 6) is -6.81. The van der Waals surface area contributed by atoms with Crippen LogP contribution in [-0.2, 0) is 28.5 Å². The van der Waals surface area contributed by atoms with Gasteiger partial charge in [0.1, 0.15) is 40.9 Å². The number of hydrogen-bond acceptors (Lipinski definition) is 16. The number of fused-ring (bicyclic) bond motifs is 2. The Bertz CT molecular complexity index is 2690. The molecule has 17 heteroatoms. The van der Waals surface area contributed by atoms with Crippen molar-refractivity contribution in [2.24, 2.45) is 23.7 Å². The SMILES string of the molecule is CO[C@H]1/C=C/O[C@@]2(C)Oc3c(C)c(=O)c4c(O)c(c5oc6cc(OCCN7CCOCC7)ccc6nc5c4c3C2=O)NC(=O)/C(C)=C\C=C\[C@H](C)[C@H](O)[C@@H](C)[C@@H](O)[C@@H](C)[C@H](OC(C)=O)[C@@H]1C. The number of Topliss-reactive ketones (excluding diaryl/α,β-unsaturated/α-hetero) is 1. The highest BCUT2D eigenvalue weighted by atomic mass is 16.7. The zero-order valence-electron chi connectivity index (χ0n) is 38.7. The molecule has 17 nitrogen and oxygen atoms in total. The summed E-state index contributed by atoms with van der Waals surface area (Å²) in [6.07, 6.45) is 3.60. The van der Waals surface area contributed by atoms with Crippen molar-refractivity contribution >= 4 is 56.3 Å². The number of benzene rings is 3. The molecule has 0 saturated carbocycles. The zero-order valence-corrected chi connectivity index (χ0v) is 38.7. The number of hydrogen-bond donors (Lipinski definition) is 4. The minimum atomic E-state index is -2.05. The lowest BCUT2D eigenvalue weighted by atomic mass is 9.78. The quantitative estimate of drug-likeness (QED) is 0.0787. The second-order valence-corrected chi connectivity index (χ2v) is 17.7. The number of phenolic OH excluding ortho intramolecular Hbond substituents is 1. The number of nitrogens with zero attached hydrogens (tertiary/aromatic N) is 2. The van der Waals surface area contributed by atoms with Crippen molar-refractivity contribution in [1.82, 2.24) is 9.88 Å². The standard InChI is InChI=1S/C49H59N3O14/c1-24-11-10-12-25(2)48(59)51-39-43(57)36-35(38-46(39)65-34-23-31(13-14-32(34)50-38)62-22-18-52-16-20-61-21-17-52)37-45(29(6)42(36)56)66-49(8,47(37)58)63-19-15-33(60-9)26(3)44(64-30(7)53)28(5)41(55)27(4)40(24)54/h10-15,19,23-24,26-28,33,40-41,44,54-55,57H,16-18,20-22H2,1-9H3,(H,51,59)/b11-10+,19-15+,25-12-/t24-,26+,27+,28+,33-,40-,41+,44+,49-/m0/s1. The van der Waals surface area contributed by atoms with Gasteiger partial charge in [0, 0.05) is 86.9 Å². The maximum atomic E-state index is 14.7. The van der Waals surface area contributed by atoms with Gasteiger partial charge in [-0.1, -0.05) is 45.9 Å². The van der Waals surface area contributed by atoms with Crippen molar-refractivity contribution in [2.75, 3.05) is 51.9 Å². The van der Waals surface area contributed by atoms with Crippen LogP contribution < -0.4 is 20.2 Å². The molecule has 3 aromatic carbocycles. The number of carbonyl (C=O) groups excluding carboxylic acids is 3. The number of aliphatic hydroxyl groups is 2. The number of methoxy groups -OCH3 is 1. The minimum Gasteiger partial charge on any atom is -0.505 e. The van der Waals surface area contributed by atoms with E-state index in [0.717, 1.165) is 13.1 Å². The predicted molar refractivity (Wildman–Crippen MR) is 245 cm³/mol. The summed E-state index contributed by atoms with van der Waals surface area (Å²) in [7, 11) is 1.44. The van der Waals surface area contributed by atoms with Gasteiger partial charge in [-0.05, 0) is 32.1 Å². The van der Waals surface area contributed by atoms with Gasteiger partial charge >= 0.3 is 11.8 Å². The summed E-state index contributed by atoms with van der Waals surface area (Å²) in [5, 5.41) is 37.5. The Hall–Kier alpha value is -5.85. The van der Waals surface area contributed by atoms with Gasteiger partial charge in [0.2, 0.25) is 0 Å². The number of ketones is 1. The first-order valence-electron chi connectivity index (χ1n) is 22.2. The van der Waals surface area contributed by atoms with Crippen molar-refractivity contribution in [1.29, 1.82) is 0 Å². The summed E-state index contributed by atoms with van der Waals surface area (Å²) in [6, 6.07) is 5.02. The molecule has 1 aromatic heterocycles. The number of amides is 1. The molecule has 1 fully saturated rings. The summed E-state index contributed by atoms with van der Waals surface area (Å²) >= 11 is 0. The van der Waals surface area contributed by atoms with E-state index >= 15 is 0 Å². The molecule has 4 heterocycles. The van der Waals surface area contributed by atoms with E-state index in [2.05, 4.69) is 10.2 Å². The van der Waals surface area contributed by atoms with Crippen molar-refractivity contribution in [3.63, 3.8) is 0 Å². The van der Waals surface area contributed by atoms with Gasteiger partial charge < -0.3 is 53.5 Å². The van der Waals surface area contributed by atoms with Crippen LogP contribution in [0.5, 0.6) is 17.2 Å². The number of allylic oxidation sites excluding steroid dienone is 2. The molecule has 4 aromatic rings. The molecular formula is C49H59N3O14. The van der Waals surface area contributed by atoms with Crippen LogP contribution in [0, 0.1) is 30.6 Å². The maximum absolute atomic E-state index is 14.7. The summed E-state index contributed by atoms with van der Waals surface area (Å²) in [4.78, 5) is 62.6. The summed E-state index contributed by atoms with van der Waals surface area (Å²) < 4.78 is 41.9. The molecule has 4 N–H and O–H groups in total. The molecule has 1 amide bonds. The maximum Gasteiger partial charge on any atom is 0.312 e. The molecule has 3 aliphatic heterocycles. The van der Waals surface area contributed by atoms with E-state index in [-0.39, 0.29) is 55.6 Å². The monoisotopic (exact) mass is 913 g/mol. The Morgan fingerprint density at radius 3 is 2.42 bits per heavy atom. The van der Waals surface area contributed by atoms with E-state index in [0.29, 0.717) is 37.6 Å². The van der Waals surface area contributed by atoms with Crippen LogP contribution in [0.3, 0.4) is 0 Å². The van der Waals surface area contributed by atoms with Crippen molar-refractivity contribution in [3.05, 3.63) is 75.7 Å². The molecule has 0 spiro atoms. The van der Waals surface area contributed by atoms with E-state index < -0.39 is 82.7 Å². The third kappa shape index (κ3) is 9.27. The second kappa shape index (κ2) is 19.5. The Balaban J connectivity index is 1.39. The predicted octanol–water partition coefficient (Wildman–Crippen LogP) is 5.71. The Morgan fingerprint density at radius 1 is 1.00 bits per heavy atom. The van der Waals surface area contributed by atoms with Crippen LogP contribution in [0.25, 0.3) is 33.0 Å². The molecule has 3 aliphatic rings. The van der Waals surface area contributed by atoms with Crippen molar-refractivity contribution < 1.29 is 62.5 Å². The largest absolute Gasteiger partial charge is 0.505 e. The number of morpholine rings is 1. The molecule has 0 unspecified atom stereocenters. The lowest BCUT2D eigenvalue weighted by Crippen LogP contribution is -2.46. The van der Waals surface area contributed by atoms with E-state index in [4.69, 9.17) is 37.8 Å². The highest BCUT2D eigenvalue weighted by Crippen LogP contribution is 2.48. The average molecular weight is 914 g/mol. The number of esters is 1. The highest BCUT2D eigenvalue weighted by molar-refractivity contribution is 6.26. The highest BCUT2D eigenvalue weighted by Gasteiger charge is 2.49. The first kappa shape index (κ1) is 48.1. The van der Waals surface area contributed by atoms with Gasteiger partial charge in [-0.3, -0.25) is 24.1 Å². The van der Waals surface area contributed by atoms with E-state index in [1.54, 1.807) is 58.0 Å². The third-order valence-corrected chi connectivity index (χ3v) is 13.1. The van der Waals surface area contributed by atoms with Crippen LogP contribution in [-0.4, -0.2) is 120 Å². The number of aromatic nitrogens is 1. The van der Waals surface area contributed by atoms with Crippen LogP contribution in [0.1, 0.15) is 64.4 Å². The van der Waals surface area contributed by atoms with Gasteiger partial charge in [0.05, 0.1) is 48.7 Å². The van der Waals surface area contributed by atoms with E-state index in [9.17, 15) is 34.5 Å². The van der Waals surface area contributed by atoms with Gasteiger partial charge in [0.25, 0.3) is 11.7 Å². The molecule has 0 aliphatic carbocycles. The number of aliphatic hydroxyl groups excluding tert-OH is 2. The number of ether oxygens (including phenoxy) is 6. The summed E-state index contributed by atoms with van der Waals surface area (Å²) in [6.45, 7) is 16.5. The number of carbonyl (C=O) groups is 3. The van der Waals surface area contributed by atoms with E-state index in [1.165, 1.54) is 53.2 Å². The van der Waals surface area contributed by atoms with Crippen molar-refractivity contribution in [2.45, 2.75) is 85.6 Å². The number of phenols is 1. The lowest BCUT2D eigenvalue weighted by molar-refractivity contribution is -0.160. The summed E-state index contributed by atoms with van der Waals surface area (Å²) in [5.41, 5.74) is -0.532.